The number of ether oxygens (including phenoxy) is 1. The molecule has 0 atom stereocenters. The van der Waals surface area contributed by atoms with Crippen LogP contribution in [0.5, 0.6) is 0 Å². The lowest BCUT2D eigenvalue weighted by molar-refractivity contribution is 0.0587. The highest BCUT2D eigenvalue weighted by Gasteiger charge is 2.13. The predicted octanol–water partition coefficient (Wildman–Crippen LogP) is 0.468. The van der Waals surface area contributed by atoms with Crippen molar-refractivity contribution < 1.29 is 9.53 Å². The van der Waals surface area contributed by atoms with Crippen LogP contribution in [0.25, 0.3) is 5.13 Å². The zero-order valence-electron chi connectivity index (χ0n) is 8.75. The van der Waals surface area contributed by atoms with Gasteiger partial charge >= 0.3 is 5.97 Å². The summed E-state index contributed by atoms with van der Waals surface area (Å²) in [5, 5.41) is 4.52. The number of hydrogen-bond acceptors (Lipinski definition) is 7. The minimum absolute atomic E-state index is 0.00995. The SMILES string of the molecule is CCc1nsc(-n2cnc(C(=O)OC)n2)n1. The molecule has 0 N–H and O–H groups in total. The van der Waals surface area contributed by atoms with Crippen molar-refractivity contribution in [2.45, 2.75) is 13.3 Å². The predicted molar refractivity (Wildman–Crippen MR) is 55.5 cm³/mol. The van der Waals surface area contributed by atoms with E-state index in [9.17, 15) is 4.79 Å². The van der Waals surface area contributed by atoms with Gasteiger partial charge in [0.25, 0.3) is 5.82 Å². The first-order valence-corrected chi connectivity index (χ1v) is 5.35. The smallest absolute Gasteiger partial charge is 0.377 e. The van der Waals surface area contributed by atoms with E-state index in [0.717, 1.165) is 12.2 Å². The zero-order valence-corrected chi connectivity index (χ0v) is 9.56. The summed E-state index contributed by atoms with van der Waals surface area (Å²) in [5.74, 6) is 0.185. The molecular formula is C8H9N5O2S. The summed E-state index contributed by atoms with van der Waals surface area (Å²) in [6.07, 6.45) is 2.17. The highest BCUT2D eigenvalue weighted by molar-refractivity contribution is 7.08. The fourth-order valence-corrected chi connectivity index (χ4v) is 1.70. The Morgan fingerprint density at radius 2 is 2.44 bits per heavy atom. The van der Waals surface area contributed by atoms with E-state index in [1.54, 1.807) is 0 Å². The molecule has 7 nitrogen and oxygen atoms in total. The third-order valence-corrected chi connectivity index (χ3v) is 2.57. The van der Waals surface area contributed by atoms with Crippen LogP contribution in [0.3, 0.4) is 0 Å². The summed E-state index contributed by atoms with van der Waals surface area (Å²) in [4.78, 5) is 19.2. The molecule has 2 heterocycles. The second-order valence-corrected chi connectivity index (χ2v) is 3.58. The molecule has 0 bridgehead atoms. The molecule has 2 rings (SSSR count). The average Bonchev–Trinajstić information content (AvgIpc) is 2.95. The highest BCUT2D eigenvalue weighted by atomic mass is 32.1. The van der Waals surface area contributed by atoms with E-state index in [-0.39, 0.29) is 5.82 Å². The molecule has 0 spiro atoms. The van der Waals surface area contributed by atoms with Crippen LogP contribution >= 0.6 is 11.5 Å². The number of rotatable bonds is 3. The largest absolute Gasteiger partial charge is 0.463 e. The summed E-state index contributed by atoms with van der Waals surface area (Å²) in [7, 11) is 1.28. The summed E-state index contributed by atoms with van der Waals surface area (Å²) in [5.41, 5.74) is 0. The minimum Gasteiger partial charge on any atom is -0.463 e. The first-order valence-electron chi connectivity index (χ1n) is 4.57. The summed E-state index contributed by atoms with van der Waals surface area (Å²) >= 11 is 1.21. The molecule has 0 aliphatic carbocycles. The molecule has 2 aromatic rings. The lowest BCUT2D eigenvalue weighted by atomic mass is 10.5. The lowest BCUT2D eigenvalue weighted by Gasteiger charge is -1.91. The van der Waals surface area contributed by atoms with Crippen LogP contribution in [0.4, 0.5) is 0 Å². The third-order valence-electron chi connectivity index (χ3n) is 1.83. The van der Waals surface area contributed by atoms with Gasteiger partial charge in [-0.05, 0) is 0 Å². The van der Waals surface area contributed by atoms with E-state index in [1.165, 1.54) is 29.7 Å². The van der Waals surface area contributed by atoms with Crippen LogP contribution in [0.2, 0.25) is 0 Å². The van der Waals surface area contributed by atoms with Gasteiger partial charge in [0.1, 0.15) is 12.2 Å². The van der Waals surface area contributed by atoms with Crippen molar-refractivity contribution in [3.63, 3.8) is 0 Å². The number of hydrogen-bond donors (Lipinski definition) is 0. The molecule has 0 saturated carbocycles. The van der Waals surface area contributed by atoms with Gasteiger partial charge in [-0.15, -0.1) is 5.10 Å². The Morgan fingerprint density at radius 1 is 1.62 bits per heavy atom. The van der Waals surface area contributed by atoms with Crippen LogP contribution in [-0.2, 0) is 11.2 Å². The Hall–Kier alpha value is -1.83. The number of aryl methyl sites for hydroxylation is 1. The van der Waals surface area contributed by atoms with Crippen LogP contribution in [0, 0.1) is 0 Å². The molecule has 0 radical (unpaired) electrons. The van der Waals surface area contributed by atoms with Gasteiger partial charge in [-0.2, -0.15) is 9.06 Å². The quantitative estimate of drug-likeness (QED) is 0.724. The third kappa shape index (κ3) is 1.91. The summed E-state index contributed by atoms with van der Waals surface area (Å²) in [6.45, 7) is 1.97. The second kappa shape index (κ2) is 4.35. The fraction of sp³-hybridized carbons (Fsp3) is 0.375. The molecule has 0 fully saturated rings. The van der Waals surface area contributed by atoms with Crippen molar-refractivity contribution in [1.29, 1.82) is 0 Å². The van der Waals surface area contributed by atoms with Gasteiger partial charge in [0, 0.05) is 18.0 Å². The van der Waals surface area contributed by atoms with Gasteiger partial charge in [0.05, 0.1) is 7.11 Å². The molecule has 0 saturated heterocycles. The second-order valence-electron chi connectivity index (χ2n) is 2.85. The highest BCUT2D eigenvalue weighted by Crippen LogP contribution is 2.10. The van der Waals surface area contributed by atoms with E-state index in [4.69, 9.17) is 0 Å². The van der Waals surface area contributed by atoms with Crippen molar-refractivity contribution >= 4 is 17.5 Å². The monoisotopic (exact) mass is 239 g/mol. The van der Waals surface area contributed by atoms with Crippen molar-refractivity contribution in [3.8, 4) is 5.13 Å². The first kappa shape index (κ1) is 10.7. The number of carbonyl (C=O) groups is 1. The van der Waals surface area contributed by atoms with E-state index < -0.39 is 5.97 Å². The van der Waals surface area contributed by atoms with Gasteiger partial charge in [-0.25, -0.2) is 14.8 Å². The maximum atomic E-state index is 11.1. The zero-order chi connectivity index (χ0) is 11.5. The number of nitrogens with zero attached hydrogens (tertiary/aromatic N) is 5. The van der Waals surface area contributed by atoms with Crippen LogP contribution < -0.4 is 0 Å². The van der Waals surface area contributed by atoms with Crippen molar-refractivity contribution in [2.75, 3.05) is 7.11 Å². The Labute approximate surface area is 95.3 Å². The number of carbonyl (C=O) groups excluding carboxylic acids is 1. The molecular weight excluding hydrogens is 230 g/mol. The van der Waals surface area contributed by atoms with Gasteiger partial charge in [-0.3, -0.25) is 0 Å². The molecule has 0 unspecified atom stereocenters. The number of esters is 1. The Balaban J connectivity index is 2.27. The first-order chi connectivity index (χ1) is 7.74. The maximum absolute atomic E-state index is 11.1. The Bertz CT molecular complexity index is 506. The topological polar surface area (TPSA) is 82.8 Å². The van der Waals surface area contributed by atoms with Gasteiger partial charge in [0.15, 0.2) is 0 Å². The molecule has 0 aromatic carbocycles. The van der Waals surface area contributed by atoms with E-state index in [0.29, 0.717) is 5.13 Å². The number of aromatic nitrogens is 5. The van der Waals surface area contributed by atoms with Gasteiger partial charge in [-0.1, -0.05) is 6.92 Å². The van der Waals surface area contributed by atoms with Crippen molar-refractivity contribution in [1.82, 2.24) is 24.1 Å². The molecule has 16 heavy (non-hydrogen) atoms. The summed E-state index contributed by atoms with van der Waals surface area (Å²) in [6, 6.07) is 0. The van der Waals surface area contributed by atoms with Gasteiger partial charge < -0.3 is 4.74 Å². The van der Waals surface area contributed by atoms with Gasteiger partial charge in [0.2, 0.25) is 5.13 Å². The number of methoxy groups -OCH3 is 1. The average molecular weight is 239 g/mol. The molecule has 0 amide bonds. The van der Waals surface area contributed by atoms with E-state index >= 15 is 0 Å². The molecule has 84 valence electrons. The van der Waals surface area contributed by atoms with E-state index in [2.05, 4.69) is 24.2 Å². The van der Waals surface area contributed by atoms with Crippen molar-refractivity contribution in [3.05, 3.63) is 18.0 Å². The van der Waals surface area contributed by atoms with Crippen LogP contribution in [0.15, 0.2) is 6.33 Å². The lowest BCUT2D eigenvalue weighted by Crippen LogP contribution is -2.05. The molecule has 0 aliphatic rings. The maximum Gasteiger partial charge on any atom is 0.377 e. The molecule has 2 aromatic heterocycles. The normalized spacial score (nSPS) is 10.4. The standard InChI is InChI=1S/C8H9N5O2S/c1-3-5-10-8(16-12-5)13-4-9-6(11-13)7(14)15-2/h4H,3H2,1-2H3. The Morgan fingerprint density at radius 3 is 3.06 bits per heavy atom. The molecule has 0 aliphatic heterocycles. The van der Waals surface area contributed by atoms with Crippen LogP contribution in [-0.4, -0.2) is 37.2 Å². The van der Waals surface area contributed by atoms with Crippen LogP contribution in [0.1, 0.15) is 23.4 Å². The van der Waals surface area contributed by atoms with E-state index in [1.807, 2.05) is 6.92 Å². The fourth-order valence-electron chi connectivity index (χ4n) is 1.02. The van der Waals surface area contributed by atoms with Crippen molar-refractivity contribution in [2.24, 2.45) is 0 Å². The molecule has 8 heteroatoms. The minimum atomic E-state index is -0.570. The Kier molecular flexibility index (Phi) is 2.91. The summed E-state index contributed by atoms with van der Waals surface area (Å²) < 4.78 is 10.0.